The molecule has 22 heavy (non-hydrogen) atoms. The molecule has 0 atom stereocenters. The van der Waals surface area contributed by atoms with Crippen LogP contribution in [0.4, 0.5) is 0 Å². The van der Waals surface area contributed by atoms with Crippen molar-refractivity contribution >= 4 is 25.7 Å². The molecule has 10 nitrogen and oxygen atoms in total. The van der Waals surface area contributed by atoms with Gasteiger partial charge in [0, 0.05) is 18.2 Å². The third-order valence-electron chi connectivity index (χ3n) is 1.17. The van der Waals surface area contributed by atoms with Gasteiger partial charge < -0.3 is 28.9 Å². The van der Waals surface area contributed by atoms with Gasteiger partial charge in [-0.3, -0.25) is 0 Å². The highest BCUT2D eigenvalue weighted by Gasteiger charge is 2.10. The minimum atomic E-state index is -4.64. The molecule has 0 aromatic rings. The van der Waals surface area contributed by atoms with Crippen molar-refractivity contribution in [1.82, 2.24) is 0 Å². The highest BCUT2D eigenvalue weighted by atomic mass is 31.2. The van der Waals surface area contributed by atoms with Gasteiger partial charge in [0.2, 0.25) is 0 Å². The Morgan fingerprint density at radius 3 is 1.41 bits per heavy atom. The normalized spacial score (nSPS) is 9.05. The molecule has 0 heterocycles. The van der Waals surface area contributed by atoms with Crippen LogP contribution < -0.4 is 0 Å². The average molecular weight is 336 g/mol. The number of hydrogen-bond acceptors (Lipinski definition) is 7. The average Bonchev–Trinajstić information content (AvgIpc) is 2.41. The zero-order valence-electron chi connectivity index (χ0n) is 11.1. The molecule has 0 aliphatic heterocycles. The number of rotatable bonds is 6. The summed E-state index contributed by atoms with van der Waals surface area (Å²) in [5.41, 5.74) is 0. The van der Waals surface area contributed by atoms with E-state index in [-0.39, 0.29) is 0 Å². The number of esters is 3. The molecule has 0 aromatic carbocycles. The van der Waals surface area contributed by atoms with Crippen molar-refractivity contribution in [1.29, 1.82) is 0 Å². The third kappa shape index (κ3) is 17.5. The Labute approximate surface area is 124 Å². The number of carbonyl (C=O) groups excluding carboxylic acids is 3. The fourth-order valence-electron chi connectivity index (χ4n) is 0.505. The lowest BCUT2D eigenvalue weighted by Crippen LogP contribution is -2.09. The maximum atomic E-state index is 10.8. The zero-order valence-corrected chi connectivity index (χ0v) is 12.0. The second-order valence-corrected chi connectivity index (χ2v) is 3.87. The van der Waals surface area contributed by atoms with E-state index in [0.29, 0.717) is 6.26 Å². The number of phosphoric acid groups is 1. The molecule has 0 aliphatic carbocycles. The molecular formula is C11H13O10P. The quantitative estimate of drug-likeness (QED) is 0.262. The molecule has 0 rings (SSSR count). The van der Waals surface area contributed by atoms with Gasteiger partial charge in [-0.25, -0.2) is 18.9 Å². The van der Waals surface area contributed by atoms with Crippen molar-refractivity contribution in [3.63, 3.8) is 0 Å². The first-order valence-corrected chi connectivity index (χ1v) is 6.60. The van der Waals surface area contributed by atoms with Crippen LogP contribution in [-0.2, 0) is 33.2 Å². The molecule has 0 saturated heterocycles. The van der Waals surface area contributed by atoms with Crippen molar-refractivity contribution in [3.8, 4) is 0 Å². The molecular weight excluding hydrogens is 323 g/mol. The molecule has 11 heteroatoms. The van der Waals surface area contributed by atoms with Crippen LogP contribution in [0.5, 0.6) is 0 Å². The van der Waals surface area contributed by atoms with Gasteiger partial charge in [-0.15, -0.1) is 0 Å². The summed E-state index contributed by atoms with van der Waals surface area (Å²) in [5, 5.41) is 0. The van der Waals surface area contributed by atoms with E-state index < -0.39 is 31.7 Å². The molecule has 0 unspecified atom stereocenters. The predicted molar refractivity (Wildman–Crippen MR) is 71.2 cm³/mol. The van der Waals surface area contributed by atoms with Crippen LogP contribution in [0.25, 0.3) is 0 Å². The van der Waals surface area contributed by atoms with Gasteiger partial charge >= 0.3 is 31.7 Å². The van der Waals surface area contributed by atoms with Gasteiger partial charge in [0.1, 0.15) is 0 Å². The number of hydrogen-bond donors (Lipinski definition) is 3. The Bertz CT molecular complexity index is 495. The Balaban J connectivity index is 0. The lowest BCUT2D eigenvalue weighted by atomic mass is 10.6. The van der Waals surface area contributed by atoms with Crippen LogP contribution in [0, 0.1) is 0 Å². The monoisotopic (exact) mass is 336 g/mol. The Morgan fingerprint density at radius 1 is 0.818 bits per heavy atom. The first-order valence-electron chi connectivity index (χ1n) is 5.03. The van der Waals surface area contributed by atoms with E-state index in [1.165, 1.54) is 0 Å². The summed E-state index contributed by atoms with van der Waals surface area (Å²) in [6.07, 6.45) is 3.20. The van der Waals surface area contributed by atoms with E-state index in [1.54, 1.807) is 0 Å². The number of ether oxygens (including phenoxy) is 3. The first kappa shape index (κ1) is 21.8. The Kier molecular flexibility index (Phi) is 11.1. The lowest BCUT2D eigenvalue weighted by molar-refractivity contribution is -0.149. The minimum absolute atomic E-state index is 0.616. The smallest absolute Gasteiger partial charge is 0.424 e. The molecule has 0 saturated carbocycles. The largest absolute Gasteiger partial charge is 0.466 e. The summed E-state index contributed by atoms with van der Waals surface area (Å²) in [7, 11) is -4.64. The summed E-state index contributed by atoms with van der Waals surface area (Å²) < 4.78 is 22.2. The predicted octanol–water partition coefficient (Wildman–Crippen LogP) is 0.0443. The van der Waals surface area contributed by atoms with E-state index in [0.717, 1.165) is 18.2 Å². The SMILES string of the molecule is C=CC(=O)OC=C(OC(=O)C=C)OC(=O)C=C.O=P(O)(O)O. The van der Waals surface area contributed by atoms with Crippen molar-refractivity contribution in [3.05, 3.63) is 50.2 Å². The third-order valence-corrected chi connectivity index (χ3v) is 1.17. The lowest BCUT2D eigenvalue weighted by Gasteiger charge is -2.05. The molecule has 0 radical (unpaired) electrons. The molecule has 122 valence electrons. The van der Waals surface area contributed by atoms with Crippen molar-refractivity contribution in [2.45, 2.75) is 0 Å². The van der Waals surface area contributed by atoms with Gasteiger partial charge in [0.05, 0.1) is 0 Å². The summed E-state index contributed by atoms with van der Waals surface area (Å²) in [6, 6.07) is 0. The molecule has 0 bridgehead atoms. The van der Waals surface area contributed by atoms with Crippen molar-refractivity contribution in [2.24, 2.45) is 0 Å². The van der Waals surface area contributed by atoms with Crippen LogP contribution in [0.15, 0.2) is 50.2 Å². The summed E-state index contributed by atoms with van der Waals surface area (Å²) in [4.78, 5) is 54.0. The van der Waals surface area contributed by atoms with E-state index >= 15 is 0 Å². The van der Waals surface area contributed by atoms with E-state index in [4.69, 9.17) is 19.2 Å². The van der Waals surface area contributed by atoms with Crippen LogP contribution in [-0.4, -0.2) is 32.6 Å². The minimum Gasteiger partial charge on any atom is -0.424 e. The number of carbonyl (C=O) groups is 3. The second kappa shape index (κ2) is 11.2. The standard InChI is InChI=1S/C11H10O6.H3O4P/c1-4-8(12)15-7-11(16-9(13)5-2)17-10(14)6-3;1-5(2,3)4/h4-7H,1-3H2;(H3,1,2,3,4). The van der Waals surface area contributed by atoms with Crippen molar-refractivity contribution in [2.75, 3.05) is 0 Å². The van der Waals surface area contributed by atoms with Gasteiger partial charge in [0.15, 0.2) is 6.26 Å². The highest BCUT2D eigenvalue weighted by Crippen LogP contribution is 2.25. The summed E-state index contributed by atoms with van der Waals surface area (Å²) >= 11 is 0. The van der Waals surface area contributed by atoms with Gasteiger partial charge in [-0.05, 0) is 0 Å². The first-order chi connectivity index (χ1) is 10.0. The molecule has 0 fully saturated rings. The van der Waals surface area contributed by atoms with Gasteiger partial charge in [0.25, 0.3) is 0 Å². The zero-order chi connectivity index (χ0) is 17.8. The summed E-state index contributed by atoms with van der Waals surface area (Å²) in [5.74, 6) is -3.20. The van der Waals surface area contributed by atoms with Crippen LogP contribution >= 0.6 is 7.82 Å². The van der Waals surface area contributed by atoms with Gasteiger partial charge in [-0.1, -0.05) is 19.7 Å². The van der Waals surface area contributed by atoms with Crippen LogP contribution in [0.1, 0.15) is 0 Å². The summed E-state index contributed by atoms with van der Waals surface area (Å²) in [6.45, 7) is 9.42. The van der Waals surface area contributed by atoms with Crippen LogP contribution in [0.2, 0.25) is 0 Å². The maximum Gasteiger partial charge on any atom is 0.466 e. The van der Waals surface area contributed by atoms with Crippen LogP contribution in [0.3, 0.4) is 0 Å². The topological polar surface area (TPSA) is 157 Å². The molecule has 0 spiro atoms. The Morgan fingerprint density at radius 2 is 1.14 bits per heavy atom. The molecule has 0 amide bonds. The second-order valence-electron chi connectivity index (χ2n) is 2.84. The highest BCUT2D eigenvalue weighted by molar-refractivity contribution is 7.45. The molecule has 3 N–H and O–H groups in total. The molecule has 0 aromatic heterocycles. The fraction of sp³-hybridized carbons (Fsp3) is 0. The molecule has 0 aliphatic rings. The van der Waals surface area contributed by atoms with Crippen molar-refractivity contribution < 1.29 is 47.8 Å². The Hall–Kier alpha value is -2.52. The van der Waals surface area contributed by atoms with E-state index in [9.17, 15) is 14.4 Å². The fourth-order valence-corrected chi connectivity index (χ4v) is 0.505. The van der Waals surface area contributed by atoms with Gasteiger partial charge in [-0.2, -0.15) is 0 Å². The van der Waals surface area contributed by atoms with E-state index in [1.807, 2.05) is 0 Å². The maximum absolute atomic E-state index is 10.8. The van der Waals surface area contributed by atoms with E-state index in [2.05, 4.69) is 33.9 Å².